The first-order chi connectivity index (χ1) is 12.5. The molecule has 2 aromatic heterocycles. The van der Waals surface area contributed by atoms with Gasteiger partial charge in [0.25, 0.3) is 0 Å². The van der Waals surface area contributed by atoms with Crippen molar-refractivity contribution in [2.24, 2.45) is 0 Å². The molecule has 26 heavy (non-hydrogen) atoms. The second-order valence-electron chi connectivity index (χ2n) is 5.61. The van der Waals surface area contributed by atoms with Crippen molar-refractivity contribution in [3.8, 4) is 0 Å². The largest absolute Gasteiger partial charge is 0.350 e. The second kappa shape index (κ2) is 8.03. The molecule has 0 aliphatic carbocycles. The molecule has 3 rings (SSSR count). The molecule has 0 spiro atoms. The minimum atomic E-state index is -3.72. The van der Waals surface area contributed by atoms with Crippen LogP contribution in [0.25, 0.3) is 10.9 Å². The quantitative estimate of drug-likeness (QED) is 0.658. The van der Waals surface area contributed by atoms with Gasteiger partial charge in [-0.1, -0.05) is 24.3 Å². The van der Waals surface area contributed by atoms with Crippen molar-refractivity contribution in [3.63, 3.8) is 0 Å². The predicted octanol–water partition coefficient (Wildman–Crippen LogP) is 1.61. The number of rotatable bonds is 7. The van der Waals surface area contributed by atoms with Gasteiger partial charge >= 0.3 is 0 Å². The molecule has 0 aliphatic rings. The first-order valence-electron chi connectivity index (χ1n) is 8.06. The Morgan fingerprint density at radius 3 is 2.65 bits per heavy atom. The third-order valence-electron chi connectivity index (χ3n) is 3.71. The van der Waals surface area contributed by atoms with Gasteiger partial charge in [-0.3, -0.25) is 14.8 Å². The summed E-state index contributed by atoms with van der Waals surface area (Å²) >= 11 is 0. The lowest BCUT2D eigenvalue weighted by Crippen LogP contribution is -2.30. The summed E-state index contributed by atoms with van der Waals surface area (Å²) in [4.78, 5) is 20.2. The maximum absolute atomic E-state index is 12.3. The van der Waals surface area contributed by atoms with Gasteiger partial charge in [-0.15, -0.1) is 0 Å². The predicted molar refractivity (Wildman–Crippen MR) is 97.6 cm³/mol. The summed E-state index contributed by atoms with van der Waals surface area (Å²) in [6.45, 7) is 0.310. The van der Waals surface area contributed by atoms with E-state index in [1.165, 1.54) is 6.20 Å². The average molecular weight is 370 g/mol. The number of aromatic nitrogens is 2. The monoisotopic (exact) mass is 370 g/mol. The van der Waals surface area contributed by atoms with Gasteiger partial charge in [0.15, 0.2) is 0 Å². The number of benzene rings is 1. The molecule has 0 aliphatic heterocycles. The molecule has 0 unspecified atom stereocenters. The van der Waals surface area contributed by atoms with Gasteiger partial charge in [0.2, 0.25) is 15.9 Å². The molecule has 0 radical (unpaired) electrons. The Morgan fingerprint density at radius 1 is 1.04 bits per heavy atom. The van der Waals surface area contributed by atoms with Crippen molar-refractivity contribution in [2.45, 2.75) is 17.9 Å². The zero-order chi connectivity index (χ0) is 18.4. The third-order valence-corrected chi connectivity index (χ3v) is 5.14. The fourth-order valence-corrected chi connectivity index (χ4v) is 3.37. The van der Waals surface area contributed by atoms with Crippen molar-refractivity contribution in [2.75, 3.05) is 6.54 Å². The number of nitrogens with one attached hydrogen (secondary N) is 2. The van der Waals surface area contributed by atoms with E-state index in [2.05, 4.69) is 20.0 Å². The Hall–Kier alpha value is -2.84. The van der Waals surface area contributed by atoms with Crippen molar-refractivity contribution in [3.05, 3.63) is 66.6 Å². The van der Waals surface area contributed by atoms with Crippen molar-refractivity contribution < 1.29 is 13.2 Å². The lowest BCUT2D eigenvalue weighted by molar-refractivity contribution is -0.121. The van der Waals surface area contributed by atoms with Gasteiger partial charge in [-0.25, -0.2) is 13.1 Å². The summed E-state index contributed by atoms with van der Waals surface area (Å²) in [7, 11) is -3.72. The van der Waals surface area contributed by atoms with E-state index in [0.717, 1.165) is 16.6 Å². The van der Waals surface area contributed by atoms with Crippen LogP contribution in [0.5, 0.6) is 0 Å². The number of sulfonamides is 1. The molecule has 2 N–H and O–H groups in total. The molecule has 0 fully saturated rings. The zero-order valence-corrected chi connectivity index (χ0v) is 14.7. The second-order valence-corrected chi connectivity index (χ2v) is 7.38. The molecule has 0 bridgehead atoms. The number of amides is 1. The van der Waals surface area contributed by atoms with Crippen LogP contribution < -0.4 is 10.0 Å². The summed E-state index contributed by atoms with van der Waals surface area (Å²) in [5, 5.41) is 3.44. The number of fused-ring (bicyclic) bond motifs is 1. The van der Waals surface area contributed by atoms with E-state index in [0.29, 0.717) is 6.54 Å². The van der Waals surface area contributed by atoms with Gasteiger partial charge in [0.1, 0.15) is 4.90 Å². The van der Waals surface area contributed by atoms with Crippen molar-refractivity contribution >= 4 is 26.8 Å². The van der Waals surface area contributed by atoms with Gasteiger partial charge < -0.3 is 5.32 Å². The summed E-state index contributed by atoms with van der Waals surface area (Å²) in [6, 6.07) is 14.3. The SMILES string of the molecule is O=C(CCNS(=O)(=O)c1cnc2ccccc2c1)NCc1ccccn1. The maximum atomic E-state index is 12.3. The van der Waals surface area contributed by atoms with E-state index in [1.54, 1.807) is 30.5 Å². The first kappa shape index (κ1) is 18.0. The lowest BCUT2D eigenvalue weighted by atomic mass is 10.2. The molecule has 1 amide bonds. The van der Waals surface area contributed by atoms with E-state index in [4.69, 9.17) is 0 Å². The third kappa shape index (κ3) is 4.62. The number of carbonyl (C=O) groups is 1. The van der Waals surface area contributed by atoms with Crippen LogP contribution in [0.15, 0.2) is 65.8 Å². The standard InChI is InChI=1S/C18H18N4O3S/c23-18(21-12-15-6-3-4-9-19-15)8-10-22-26(24,25)16-11-14-5-1-2-7-17(14)20-13-16/h1-7,9,11,13,22H,8,10,12H2,(H,21,23). The number of hydrogen-bond acceptors (Lipinski definition) is 5. The van der Waals surface area contributed by atoms with Crippen LogP contribution in [0, 0.1) is 0 Å². The Kier molecular flexibility index (Phi) is 5.55. The van der Waals surface area contributed by atoms with E-state index < -0.39 is 10.0 Å². The Morgan fingerprint density at radius 2 is 1.85 bits per heavy atom. The molecule has 2 heterocycles. The first-order valence-corrected chi connectivity index (χ1v) is 9.54. The highest BCUT2D eigenvalue weighted by Crippen LogP contribution is 2.16. The van der Waals surface area contributed by atoms with Crippen LogP contribution in [0.4, 0.5) is 0 Å². The molecule has 3 aromatic rings. The highest BCUT2D eigenvalue weighted by Gasteiger charge is 2.15. The van der Waals surface area contributed by atoms with Crippen LogP contribution >= 0.6 is 0 Å². The van der Waals surface area contributed by atoms with E-state index in [9.17, 15) is 13.2 Å². The molecule has 0 saturated carbocycles. The smallest absolute Gasteiger partial charge is 0.242 e. The van der Waals surface area contributed by atoms with E-state index in [1.807, 2.05) is 24.3 Å². The van der Waals surface area contributed by atoms with E-state index in [-0.39, 0.29) is 23.8 Å². The lowest BCUT2D eigenvalue weighted by Gasteiger charge is -2.08. The van der Waals surface area contributed by atoms with Crippen LogP contribution in [0.2, 0.25) is 0 Å². The topological polar surface area (TPSA) is 101 Å². The average Bonchev–Trinajstić information content (AvgIpc) is 2.66. The number of nitrogens with zero attached hydrogens (tertiary/aromatic N) is 2. The van der Waals surface area contributed by atoms with Crippen LogP contribution in [0.1, 0.15) is 12.1 Å². The van der Waals surface area contributed by atoms with E-state index >= 15 is 0 Å². The Labute approximate surface area is 151 Å². The molecule has 1 aromatic carbocycles. The highest BCUT2D eigenvalue weighted by atomic mass is 32.2. The number of para-hydroxylation sites is 1. The number of pyridine rings is 2. The highest BCUT2D eigenvalue weighted by molar-refractivity contribution is 7.89. The molecule has 0 atom stereocenters. The Balaban J connectivity index is 1.53. The summed E-state index contributed by atoms with van der Waals surface area (Å²) < 4.78 is 27.1. The summed E-state index contributed by atoms with van der Waals surface area (Å²) in [6.07, 6.45) is 2.99. The van der Waals surface area contributed by atoms with Crippen LogP contribution in [-0.4, -0.2) is 30.8 Å². The Bertz CT molecular complexity index is 1010. The molecular formula is C18H18N4O3S. The molecule has 134 valence electrons. The fourth-order valence-electron chi connectivity index (χ4n) is 2.36. The molecular weight excluding hydrogens is 352 g/mol. The van der Waals surface area contributed by atoms with Crippen LogP contribution in [-0.2, 0) is 21.4 Å². The van der Waals surface area contributed by atoms with Crippen molar-refractivity contribution in [1.82, 2.24) is 20.0 Å². The molecule has 8 heteroatoms. The minimum absolute atomic E-state index is 0.00319. The van der Waals surface area contributed by atoms with Gasteiger partial charge in [-0.2, -0.15) is 0 Å². The fraction of sp³-hybridized carbons (Fsp3) is 0.167. The normalized spacial score (nSPS) is 11.4. The molecule has 0 saturated heterocycles. The van der Waals surface area contributed by atoms with Gasteiger partial charge in [-0.05, 0) is 24.3 Å². The number of hydrogen-bond donors (Lipinski definition) is 2. The molecule has 7 nitrogen and oxygen atoms in total. The summed E-state index contributed by atoms with van der Waals surface area (Å²) in [5.74, 6) is -0.255. The van der Waals surface area contributed by atoms with Crippen LogP contribution in [0.3, 0.4) is 0 Å². The minimum Gasteiger partial charge on any atom is -0.350 e. The maximum Gasteiger partial charge on any atom is 0.242 e. The zero-order valence-electron chi connectivity index (χ0n) is 13.9. The van der Waals surface area contributed by atoms with Gasteiger partial charge in [0, 0.05) is 30.7 Å². The number of carbonyl (C=O) groups excluding carboxylic acids is 1. The van der Waals surface area contributed by atoms with Gasteiger partial charge in [0.05, 0.1) is 17.8 Å². The van der Waals surface area contributed by atoms with Crippen molar-refractivity contribution in [1.29, 1.82) is 0 Å². The summed E-state index contributed by atoms with van der Waals surface area (Å²) in [5.41, 5.74) is 1.46.